The number of aromatic nitrogens is 1. The number of carbonyl (C=O) groups is 4. The van der Waals surface area contributed by atoms with E-state index >= 15 is 0 Å². The quantitative estimate of drug-likeness (QED) is 0.0459. The third-order valence-corrected chi connectivity index (χ3v) is 8.34. The van der Waals surface area contributed by atoms with E-state index in [-0.39, 0.29) is 75.3 Å². The van der Waals surface area contributed by atoms with Crippen LogP contribution in [0.3, 0.4) is 0 Å². The molecule has 0 radical (unpaired) electrons. The summed E-state index contributed by atoms with van der Waals surface area (Å²) in [6, 6.07) is 5.32. The second-order valence-corrected chi connectivity index (χ2v) is 11.5. The zero-order chi connectivity index (χ0) is 29.3. The minimum Gasteiger partial charge on any atom is -0.542 e. The molecule has 1 aliphatic heterocycles. The maximum atomic E-state index is 13.2. The normalized spacial score (nSPS) is 16.0. The Labute approximate surface area is 283 Å². The molecule has 14 nitrogen and oxygen atoms in total. The smallest absolute Gasteiger partial charge is 0.542 e. The van der Waals surface area contributed by atoms with E-state index in [0.29, 0.717) is 16.3 Å². The Morgan fingerprint density at radius 2 is 1.93 bits per heavy atom. The fraction of sp³-hybridized carbons (Fsp3) is 0.375. The summed E-state index contributed by atoms with van der Waals surface area (Å²) in [5.41, 5.74) is 11.0. The molecule has 0 saturated carbocycles. The van der Waals surface area contributed by atoms with Crippen LogP contribution in [0.1, 0.15) is 34.6 Å². The number of hydrogen-bond acceptors (Lipinski definition) is 10. The van der Waals surface area contributed by atoms with Crippen LogP contribution in [0.5, 0.6) is 0 Å². The van der Waals surface area contributed by atoms with E-state index in [1.54, 1.807) is 35.7 Å². The number of hydrogen-bond donors (Lipinski definition) is 3. The van der Waals surface area contributed by atoms with Gasteiger partial charge in [0.1, 0.15) is 19.1 Å². The third-order valence-electron chi connectivity index (χ3n) is 5.79. The Bertz CT molecular complexity index is 1370. The van der Waals surface area contributed by atoms with Gasteiger partial charge in [-0.15, -0.1) is 17.8 Å². The van der Waals surface area contributed by atoms with Crippen LogP contribution in [0.4, 0.5) is 0 Å². The molecule has 1 aromatic carbocycles. The topological polar surface area (TPSA) is 215 Å². The summed E-state index contributed by atoms with van der Waals surface area (Å²) >= 11 is 1.09. The van der Waals surface area contributed by atoms with Gasteiger partial charge in [0.2, 0.25) is 27.6 Å². The second kappa shape index (κ2) is 16.2. The van der Waals surface area contributed by atoms with Crippen LogP contribution >= 0.6 is 11.3 Å². The summed E-state index contributed by atoms with van der Waals surface area (Å²) in [5.74, 6) is -3.81. The number of guanidine groups is 1. The molecule has 1 saturated heterocycles. The number of aliphatic imine (C=N–C) groups is 1. The number of sulfonamides is 1. The molecule has 0 aliphatic carbocycles. The number of thiazole rings is 1. The van der Waals surface area contributed by atoms with E-state index in [2.05, 4.69) is 15.3 Å². The average Bonchev–Trinajstić information content (AvgIpc) is 3.43. The number of rotatable bonds is 14. The number of amides is 3. The minimum atomic E-state index is -4.34. The van der Waals surface area contributed by atoms with Crippen molar-refractivity contribution in [2.45, 2.75) is 37.1 Å². The van der Waals surface area contributed by atoms with Crippen molar-refractivity contribution in [2.24, 2.45) is 16.5 Å². The standard InChI is InChI=1S/C24H28N7O7S2.K/c25-24(26)28-9-4-7-17(21(35)22-27-10-12-39-22)29-19(33)13-30-14-20(34)31(18(8-11-32)23(30)36)40(37,38)15-16-5-2-1-3-6-16;/h1-3,5-6,10,12,17-18H,4,7-9,13-15H2,(H,29,33)(H4,25,26,28);/q-1;+1/t17-,18?;/m0./s1. The predicted molar refractivity (Wildman–Crippen MR) is 145 cm³/mol. The van der Waals surface area contributed by atoms with Crippen LogP contribution in [0, 0.1) is 0 Å². The van der Waals surface area contributed by atoms with E-state index in [1.165, 1.54) is 12.5 Å². The molecule has 1 fully saturated rings. The number of carbonyl (C=O) groups excluding carboxylic acids is 5. The zero-order valence-electron chi connectivity index (χ0n) is 22.3. The summed E-state index contributed by atoms with van der Waals surface area (Å²) in [7, 11) is -4.34. The molecule has 0 spiro atoms. The second-order valence-electron chi connectivity index (χ2n) is 8.76. The van der Waals surface area contributed by atoms with Crippen molar-refractivity contribution in [2.75, 3.05) is 19.6 Å². The molecule has 5 N–H and O–H groups in total. The van der Waals surface area contributed by atoms with Crippen LogP contribution in [-0.2, 0) is 35.0 Å². The van der Waals surface area contributed by atoms with Crippen LogP contribution < -0.4 is 68.2 Å². The Morgan fingerprint density at radius 1 is 1.22 bits per heavy atom. The first-order valence-electron chi connectivity index (χ1n) is 12.0. The maximum Gasteiger partial charge on any atom is 1.00 e. The largest absolute Gasteiger partial charge is 1.00 e. The van der Waals surface area contributed by atoms with Crippen molar-refractivity contribution >= 4 is 57.1 Å². The van der Waals surface area contributed by atoms with Crippen molar-refractivity contribution in [1.29, 1.82) is 0 Å². The van der Waals surface area contributed by atoms with Crippen LogP contribution in [0.25, 0.3) is 0 Å². The van der Waals surface area contributed by atoms with Gasteiger partial charge >= 0.3 is 51.4 Å². The number of nitrogens with one attached hydrogen (secondary N) is 1. The number of Topliss-reactive ketones (excluding diaryl/α,β-unsaturated/α-hetero) is 1. The molecule has 41 heavy (non-hydrogen) atoms. The van der Waals surface area contributed by atoms with Gasteiger partial charge in [-0.25, -0.2) is 17.7 Å². The molecule has 17 heteroatoms. The van der Waals surface area contributed by atoms with Crippen molar-refractivity contribution in [3.63, 3.8) is 0 Å². The van der Waals surface area contributed by atoms with Crippen LogP contribution in [-0.4, -0.2) is 90.1 Å². The summed E-state index contributed by atoms with van der Waals surface area (Å²) in [4.78, 5) is 71.9. The molecule has 3 rings (SSSR count). The summed E-state index contributed by atoms with van der Waals surface area (Å²) < 4.78 is 26.6. The molecule has 1 unspecified atom stereocenters. The maximum absolute atomic E-state index is 13.2. The third kappa shape index (κ3) is 9.76. The van der Waals surface area contributed by atoms with E-state index in [0.717, 1.165) is 16.2 Å². The van der Waals surface area contributed by atoms with Gasteiger partial charge in [-0.2, -0.15) is 0 Å². The van der Waals surface area contributed by atoms with Gasteiger partial charge in [-0.05, 0) is 18.4 Å². The van der Waals surface area contributed by atoms with E-state index in [1.807, 2.05) is 0 Å². The molecule has 1 aliphatic rings. The van der Waals surface area contributed by atoms with Gasteiger partial charge in [0, 0.05) is 18.1 Å². The molecular weight excluding hydrogens is 602 g/mol. The number of nitrogens with zero attached hydrogens (tertiary/aromatic N) is 4. The van der Waals surface area contributed by atoms with Crippen molar-refractivity contribution < 1.29 is 83.8 Å². The number of nitrogens with two attached hydrogens (primary N) is 2. The zero-order valence-corrected chi connectivity index (χ0v) is 27.0. The number of piperazine rings is 1. The SMILES string of the molecule is NC(N)=NCCC[C@H](NC(=O)CN1CC(=O)N(S(=O)(=O)Cc2ccccc2)C(C[C-]=O)C1=O)C(=O)c1nccs1.[K+]. The molecule has 214 valence electrons. The Hall–Kier alpha value is -2.54. The Morgan fingerprint density at radius 3 is 2.54 bits per heavy atom. The van der Waals surface area contributed by atoms with E-state index < -0.39 is 70.9 Å². The van der Waals surface area contributed by atoms with Crippen LogP contribution in [0.15, 0.2) is 46.9 Å². The van der Waals surface area contributed by atoms with Gasteiger partial charge in [0.25, 0.3) is 5.91 Å². The number of benzene rings is 1. The molecule has 2 heterocycles. The Kier molecular flexibility index (Phi) is 13.7. The molecule has 2 aromatic rings. The van der Waals surface area contributed by atoms with E-state index in [9.17, 15) is 32.4 Å². The first-order valence-corrected chi connectivity index (χ1v) is 14.5. The summed E-state index contributed by atoms with van der Waals surface area (Å²) in [5, 5.41) is 4.32. The Balaban J connectivity index is 0.00000588. The van der Waals surface area contributed by atoms with Crippen molar-refractivity contribution in [3.8, 4) is 0 Å². The monoisotopic (exact) mass is 629 g/mol. The fourth-order valence-corrected chi connectivity index (χ4v) is 6.37. The minimum absolute atomic E-state index is 0. The molecule has 1 aromatic heterocycles. The predicted octanol–water partition coefficient (Wildman–Crippen LogP) is -4.06. The number of ketones is 1. The van der Waals surface area contributed by atoms with E-state index in [4.69, 9.17) is 11.5 Å². The van der Waals surface area contributed by atoms with Gasteiger partial charge in [-0.1, -0.05) is 30.3 Å². The molecule has 3 amide bonds. The van der Waals surface area contributed by atoms with Gasteiger partial charge < -0.3 is 26.5 Å². The van der Waals surface area contributed by atoms with Gasteiger partial charge in [0.15, 0.2) is 11.0 Å². The first kappa shape index (κ1) is 34.7. The summed E-state index contributed by atoms with van der Waals surface area (Å²) in [6.45, 7) is -1.16. The van der Waals surface area contributed by atoms with Gasteiger partial charge in [-0.3, -0.25) is 30.5 Å². The summed E-state index contributed by atoms with van der Waals surface area (Å²) in [6.07, 6.45) is 2.73. The van der Waals surface area contributed by atoms with Crippen molar-refractivity contribution in [1.82, 2.24) is 19.5 Å². The molecule has 2 atom stereocenters. The average molecular weight is 630 g/mol. The fourth-order valence-electron chi connectivity index (χ4n) is 4.06. The molecular formula is C24H28KN7O7S2. The first-order chi connectivity index (χ1) is 19.0. The molecule has 0 bridgehead atoms. The van der Waals surface area contributed by atoms with Gasteiger partial charge in [0.05, 0.1) is 11.8 Å². The van der Waals surface area contributed by atoms with Crippen LogP contribution in [0.2, 0.25) is 0 Å². The van der Waals surface area contributed by atoms with Crippen molar-refractivity contribution in [3.05, 3.63) is 52.5 Å².